The first-order valence-corrected chi connectivity index (χ1v) is 8.09. The van der Waals surface area contributed by atoms with E-state index in [0.717, 1.165) is 38.8 Å². The zero-order valence-corrected chi connectivity index (χ0v) is 13.0. The molecule has 2 saturated heterocycles. The highest BCUT2D eigenvalue weighted by molar-refractivity contribution is 5.88. The average molecular weight is 290 g/mol. The molecule has 116 valence electrons. The van der Waals surface area contributed by atoms with Gasteiger partial charge in [0.2, 0.25) is 11.8 Å². The van der Waals surface area contributed by atoms with E-state index in [0.29, 0.717) is 19.0 Å². The van der Waals surface area contributed by atoms with Crippen LogP contribution >= 0.6 is 0 Å². The minimum atomic E-state index is 0.0528. The van der Waals surface area contributed by atoms with Crippen LogP contribution in [0.25, 0.3) is 0 Å². The van der Waals surface area contributed by atoms with E-state index in [-0.39, 0.29) is 11.8 Å². The lowest BCUT2D eigenvalue weighted by Gasteiger charge is -2.35. The molecule has 21 heavy (non-hydrogen) atoms. The smallest absolute Gasteiger partial charge is 0.246 e. The van der Waals surface area contributed by atoms with Crippen LogP contribution in [-0.2, 0) is 9.59 Å². The summed E-state index contributed by atoms with van der Waals surface area (Å²) in [4.78, 5) is 28.3. The highest BCUT2D eigenvalue weighted by Gasteiger charge is 2.30. The third-order valence-corrected chi connectivity index (χ3v) is 4.37. The monoisotopic (exact) mass is 290 g/mol. The quantitative estimate of drug-likeness (QED) is 0.591. The molecular formula is C17H26N2O2. The lowest BCUT2D eigenvalue weighted by molar-refractivity contribution is -0.140. The zero-order valence-electron chi connectivity index (χ0n) is 13.0. The maximum atomic E-state index is 12.4. The first-order chi connectivity index (χ1) is 10.2. The van der Waals surface area contributed by atoms with E-state index in [4.69, 9.17) is 0 Å². The summed E-state index contributed by atoms with van der Waals surface area (Å²) in [5.74, 6) is 0.481. The molecule has 0 unspecified atom stereocenters. The van der Waals surface area contributed by atoms with Gasteiger partial charge in [-0.3, -0.25) is 9.59 Å². The number of hydrogen-bond donors (Lipinski definition) is 0. The van der Waals surface area contributed by atoms with Gasteiger partial charge in [0.25, 0.3) is 0 Å². The van der Waals surface area contributed by atoms with E-state index in [1.54, 1.807) is 12.2 Å². The molecule has 0 aromatic carbocycles. The molecule has 2 amide bonds. The Morgan fingerprint density at radius 3 is 2.19 bits per heavy atom. The van der Waals surface area contributed by atoms with Crippen LogP contribution in [0.15, 0.2) is 24.3 Å². The highest BCUT2D eigenvalue weighted by Crippen LogP contribution is 2.22. The molecule has 0 bridgehead atoms. The fourth-order valence-corrected chi connectivity index (χ4v) is 3.07. The second kappa shape index (κ2) is 8.01. The maximum absolute atomic E-state index is 12.4. The van der Waals surface area contributed by atoms with Crippen molar-refractivity contribution in [3.8, 4) is 0 Å². The van der Waals surface area contributed by atoms with Crippen LogP contribution in [0.1, 0.15) is 39.0 Å². The number of allylic oxidation sites excluding steroid dienone is 3. The van der Waals surface area contributed by atoms with Crippen LogP contribution in [0, 0.1) is 5.92 Å². The molecule has 2 rings (SSSR count). The van der Waals surface area contributed by atoms with Crippen LogP contribution in [0.2, 0.25) is 0 Å². The molecular weight excluding hydrogens is 264 g/mol. The Labute approximate surface area is 127 Å². The largest absolute Gasteiger partial charge is 0.342 e. The van der Waals surface area contributed by atoms with Gasteiger partial charge in [0.1, 0.15) is 0 Å². The number of carbonyl (C=O) groups is 2. The normalized spacial score (nSPS) is 21.4. The van der Waals surface area contributed by atoms with Crippen molar-refractivity contribution in [3.05, 3.63) is 24.3 Å². The second-order valence-corrected chi connectivity index (χ2v) is 5.87. The topological polar surface area (TPSA) is 40.6 Å². The van der Waals surface area contributed by atoms with Crippen molar-refractivity contribution in [1.29, 1.82) is 0 Å². The number of hydrogen-bond acceptors (Lipinski definition) is 2. The summed E-state index contributed by atoms with van der Waals surface area (Å²) in [6.45, 7) is 5.16. The molecule has 0 spiro atoms. The van der Waals surface area contributed by atoms with Crippen LogP contribution < -0.4 is 0 Å². The van der Waals surface area contributed by atoms with Crippen LogP contribution in [0.5, 0.6) is 0 Å². The van der Waals surface area contributed by atoms with Gasteiger partial charge in [-0.05, 0) is 39.0 Å². The van der Waals surface area contributed by atoms with Crippen LogP contribution in [0.3, 0.4) is 0 Å². The molecule has 2 aliphatic rings. The Hall–Kier alpha value is -1.58. The Morgan fingerprint density at radius 2 is 1.57 bits per heavy atom. The van der Waals surface area contributed by atoms with Crippen molar-refractivity contribution >= 4 is 11.8 Å². The number of piperidine rings is 2. The average Bonchev–Trinajstić information content (AvgIpc) is 2.55. The van der Waals surface area contributed by atoms with Crippen molar-refractivity contribution in [2.45, 2.75) is 39.0 Å². The lowest BCUT2D eigenvalue weighted by Crippen LogP contribution is -2.45. The number of likely N-dealkylation sites (tertiary alicyclic amines) is 2. The summed E-state index contributed by atoms with van der Waals surface area (Å²) in [6, 6.07) is 0. The van der Waals surface area contributed by atoms with Gasteiger partial charge in [0.15, 0.2) is 0 Å². The van der Waals surface area contributed by atoms with Gasteiger partial charge in [0.05, 0.1) is 0 Å². The van der Waals surface area contributed by atoms with Crippen LogP contribution in [0.4, 0.5) is 0 Å². The Morgan fingerprint density at radius 1 is 0.905 bits per heavy atom. The highest BCUT2D eigenvalue weighted by atomic mass is 16.2. The Kier molecular flexibility index (Phi) is 6.03. The molecule has 2 aliphatic heterocycles. The van der Waals surface area contributed by atoms with Crippen molar-refractivity contribution in [3.63, 3.8) is 0 Å². The molecule has 0 aliphatic carbocycles. The zero-order chi connectivity index (χ0) is 15.1. The molecule has 2 fully saturated rings. The molecule has 0 N–H and O–H groups in total. The van der Waals surface area contributed by atoms with E-state index in [9.17, 15) is 9.59 Å². The summed E-state index contributed by atoms with van der Waals surface area (Å²) in [7, 11) is 0. The maximum Gasteiger partial charge on any atom is 0.246 e. The van der Waals surface area contributed by atoms with Gasteiger partial charge in [-0.15, -0.1) is 0 Å². The predicted octanol–water partition coefficient (Wildman–Crippen LogP) is 2.37. The number of carbonyl (C=O) groups excluding carboxylic acids is 2. The van der Waals surface area contributed by atoms with E-state index < -0.39 is 0 Å². The third kappa shape index (κ3) is 4.45. The van der Waals surface area contributed by atoms with E-state index in [1.807, 2.05) is 28.9 Å². The molecule has 0 aromatic rings. The molecule has 0 saturated carbocycles. The van der Waals surface area contributed by atoms with Gasteiger partial charge >= 0.3 is 0 Å². The third-order valence-electron chi connectivity index (χ3n) is 4.37. The molecule has 0 radical (unpaired) electrons. The molecule has 4 heteroatoms. The summed E-state index contributed by atoms with van der Waals surface area (Å²) in [6.07, 6.45) is 12.3. The standard InChI is InChI=1S/C17H26N2O2/c1-2-3-5-8-16(20)18-13-9-15(10-14-18)17(21)19-11-6-4-7-12-19/h2-3,5,8,15H,4,6-7,9-14H2,1H3. The van der Waals surface area contributed by atoms with E-state index in [2.05, 4.69) is 0 Å². The SMILES string of the molecule is CC=CC=CC(=O)N1CCC(C(=O)N2CCCCC2)CC1. The van der Waals surface area contributed by atoms with Crippen molar-refractivity contribution in [1.82, 2.24) is 9.80 Å². The van der Waals surface area contributed by atoms with Crippen LogP contribution in [-0.4, -0.2) is 47.8 Å². The molecule has 4 nitrogen and oxygen atoms in total. The second-order valence-electron chi connectivity index (χ2n) is 5.87. The Balaban J connectivity index is 1.79. The van der Waals surface area contributed by atoms with Gasteiger partial charge in [-0.1, -0.05) is 18.2 Å². The number of amides is 2. The van der Waals surface area contributed by atoms with Gasteiger partial charge in [0, 0.05) is 38.2 Å². The fourth-order valence-electron chi connectivity index (χ4n) is 3.07. The molecule has 0 aromatic heterocycles. The minimum Gasteiger partial charge on any atom is -0.342 e. The molecule has 2 heterocycles. The fraction of sp³-hybridized carbons (Fsp3) is 0.647. The first-order valence-electron chi connectivity index (χ1n) is 8.09. The summed E-state index contributed by atoms with van der Waals surface area (Å²) < 4.78 is 0. The Bertz CT molecular complexity index is 415. The van der Waals surface area contributed by atoms with E-state index in [1.165, 1.54) is 6.42 Å². The van der Waals surface area contributed by atoms with Gasteiger partial charge in [-0.25, -0.2) is 0 Å². The lowest BCUT2D eigenvalue weighted by atomic mass is 9.94. The van der Waals surface area contributed by atoms with Crippen molar-refractivity contribution in [2.75, 3.05) is 26.2 Å². The summed E-state index contributed by atoms with van der Waals surface area (Å²) in [5.41, 5.74) is 0. The van der Waals surface area contributed by atoms with Crippen molar-refractivity contribution in [2.24, 2.45) is 5.92 Å². The van der Waals surface area contributed by atoms with Crippen molar-refractivity contribution < 1.29 is 9.59 Å². The molecule has 0 atom stereocenters. The minimum absolute atomic E-state index is 0.0528. The number of nitrogens with zero attached hydrogens (tertiary/aromatic N) is 2. The predicted molar refractivity (Wildman–Crippen MR) is 83.7 cm³/mol. The summed E-state index contributed by atoms with van der Waals surface area (Å²) in [5, 5.41) is 0. The first kappa shape index (κ1) is 15.8. The summed E-state index contributed by atoms with van der Waals surface area (Å²) >= 11 is 0. The number of rotatable bonds is 3. The van der Waals surface area contributed by atoms with Gasteiger partial charge < -0.3 is 9.80 Å². The van der Waals surface area contributed by atoms with Gasteiger partial charge in [-0.2, -0.15) is 0 Å². The van der Waals surface area contributed by atoms with E-state index >= 15 is 0 Å².